The van der Waals surface area contributed by atoms with E-state index in [0.717, 1.165) is 74.7 Å². The van der Waals surface area contributed by atoms with Crippen molar-refractivity contribution in [1.29, 1.82) is 0 Å². The lowest BCUT2D eigenvalue weighted by Gasteiger charge is -2.41. The Bertz CT molecular complexity index is 5200. The molecule has 99 heavy (non-hydrogen) atoms. The molecule has 5 atom stereocenters. The van der Waals surface area contributed by atoms with E-state index in [1.165, 1.54) is 125 Å². The number of hydrogen-bond acceptors (Lipinski definition) is 0. The van der Waals surface area contributed by atoms with Crippen LogP contribution in [0, 0.1) is 80.9 Å². The first-order valence-electron chi connectivity index (χ1n) is 42.8. The van der Waals surface area contributed by atoms with Gasteiger partial charge in [-0.3, -0.25) is 0 Å². The highest BCUT2D eigenvalue weighted by atomic mass is 14.9. The number of hydrogen-bond donors (Lipinski definition) is 0. The molecule has 0 aliphatic heterocycles. The van der Waals surface area contributed by atoms with E-state index in [1.54, 1.807) is 76.7 Å². The Morgan fingerprint density at radius 2 is 0.768 bits per heavy atom. The molecule has 0 saturated heterocycles. The topological polar surface area (TPSA) is 19.4 Å². The molecule has 5 aromatic heterocycles. The molecule has 4 saturated carbocycles. The molecular weight excluding hydrogens is 1200 g/mol. The summed E-state index contributed by atoms with van der Waals surface area (Å²) in [6.45, 7) is 14.4. The molecule has 5 nitrogen and oxygen atoms in total. The molecule has 5 aromatic carbocycles. The molecule has 506 valence electrons. The highest BCUT2D eigenvalue weighted by molar-refractivity contribution is 5.69. The third-order valence-electron chi connectivity index (χ3n) is 24.1. The Hall–Kier alpha value is -8.15. The van der Waals surface area contributed by atoms with Gasteiger partial charge in [0.15, 0.2) is 31.0 Å². The van der Waals surface area contributed by atoms with E-state index >= 15 is 0 Å². The monoisotopic (exact) mass is 1320 g/mol. The summed E-state index contributed by atoms with van der Waals surface area (Å²) >= 11 is 0. The fourth-order valence-corrected chi connectivity index (χ4v) is 18.8. The second kappa shape index (κ2) is 26.7. The summed E-state index contributed by atoms with van der Waals surface area (Å²) in [6.07, 6.45) is 21.6. The van der Waals surface area contributed by atoms with Crippen LogP contribution >= 0.6 is 0 Å². The third-order valence-corrected chi connectivity index (χ3v) is 24.1. The van der Waals surface area contributed by atoms with Crippen LogP contribution in [-0.2, 0) is 54.4 Å². The minimum atomic E-state index is -2.16. The van der Waals surface area contributed by atoms with Gasteiger partial charge in [-0.05, 0) is 298 Å². The normalized spacial score (nSPS) is 26.6. The third kappa shape index (κ3) is 12.8. The molecule has 10 aromatic rings. The minimum absolute atomic E-state index is 0.0707. The molecule has 11 aliphatic carbocycles. The van der Waals surface area contributed by atoms with E-state index in [0.29, 0.717) is 35.1 Å². The van der Waals surface area contributed by atoms with E-state index < -0.39 is 38.2 Å². The maximum atomic E-state index is 8.70. The second-order valence-electron chi connectivity index (χ2n) is 31.4. The number of fused-ring (bicyclic) bond motifs is 11. The van der Waals surface area contributed by atoms with E-state index in [-0.39, 0.29) is 17.9 Å². The van der Waals surface area contributed by atoms with Gasteiger partial charge < -0.3 is 0 Å². The van der Waals surface area contributed by atoms with Crippen LogP contribution in [0.25, 0.3) is 56.3 Å². The van der Waals surface area contributed by atoms with E-state index in [9.17, 15) is 0 Å². The van der Waals surface area contributed by atoms with Crippen molar-refractivity contribution in [2.75, 3.05) is 0 Å². The van der Waals surface area contributed by atoms with Gasteiger partial charge in [0.2, 0.25) is 28.5 Å². The number of nitrogens with zero attached hydrogens (tertiary/aromatic N) is 5. The fourth-order valence-electron chi connectivity index (χ4n) is 18.8. The van der Waals surface area contributed by atoms with Gasteiger partial charge >= 0.3 is 0 Å². The number of pyridine rings is 5. The predicted molar refractivity (Wildman–Crippen MR) is 406 cm³/mol. The van der Waals surface area contributed by atoms with Crippen LogP contribution in [0.5, 0.6) is 0 Å². The summed E-state index contributed by atoms with van der Waals surface area (Å²) in [6, 6.07) is 41.6. The molecular formula is C94H110N5+5. The molecule has 4 fully saturated rings. The van der Waals surface area contributed by atoms with Crippen molar-refractivity contribution in [3.63, 3.8) is 0 Å². The van der Waals surface area contributed by atoms with Gasteiger partial charge in [0.05, 0.1) is 0 Å². The Labute approximate surface area is 610 Å². The maximum absolute atomic E-state index is 8.70. The van der Waals surface area contributed by atoms with Gasteiger partial charge in [-0.15, -0.1) is 0 Å². The molecule has 5 unspecified atom stereocenters. The van der Waals surface area contributed by atoms with Gasteiger partial charge in [0.25, 0.3) is 0 Å². The number of rotatable bonds is 5. The molecule has 0 N–H and O–H groups in total. The summed E-state index contributed by atoms with van der Waals surface area (Å²) in [5.74, 6) is 3.36. The quantitative estimate of drug-likeness (QED) is 0.153. The zero-order valence-corrected chi connectivity index (χ0v) is 61.2. The van der Waals surface area contributed by atoms with E-state index in [2.05, 4.69) is 168 Å². The van der Waals surface area contributed by atoms with Crippen LogP contribution in [-0.4, -0.2) is 0 Å². The van der Waals surface area contributed by atoms with Crippen molar-refractivity contribution < 1.29 is 39.3 Å². The summed E-state index contributed by atoms with van der Waals surface area (Å²) in [5.41, 5.74) is 34.4. The Morgan fingerprint density at radius 3 is 1.23 bits per heavy atom. The first-order chi connectivity index (χ1) is 52.2. The van der Waals surface area contributed by atoms with Crippen LogP contribution in [0.1, 0.15) is 247 Å². The van der Waals surface area contributed by atoms with Crippen LogP contribution < -0.4 is 22.8 Å². The lowest BCUT2D eigenvalue weighted by atomic mass is 9.63. The predicted octanol–water partition coefficient (Wildman–Crippen LogP) is 19.9. The SMILES string of the molecule is Cc1ccc(-c2cc3c(c[n+]2C)C2CCC3C2)c(C)c1.Cc1ccc(-c2cc3c(c[n+]2C)C2CCC3C2)c(C)c1.Cc1ccc(-c2cc3c(c[n+]2C)CC2CC3C2)c(C)c1.[2H]C([2H])([2H])c1ccc(-c2c3c(cc[n+]2C)C([2H])([2H])CC3([2H])C)c(C)c1.[2H]C([2H])([2H])c1ccc(-c2cc3c(c[n+]2C)C([2H])([2H])C2CC3([2H])C2)c(C)c1. The first kappa shape index (κ1) is 53.7. The van der Waals surface area contributed by atoms with Crippen molar-refractivity contribution >= 4 is 0 Å². The molecule has 0 radical (unpaired) electrons. The van der Waals surface area contributed by atoms with Crippen LogP contribution in [0.3, 0.4) is 0 Å². The molecule has 0 spiro atoms. The lowest BCUT2D eigenvalue weighted by Crippen LogP contribution is -2.37. The number of benzene rings is 5. The highest BCUT2D eigenvalue weighted by Gasteiger charge is 2.43. The molecule has 21 rings (SSSR count). The van der Waals surface area contributed by atoms with Crippen molar-refractivity contribution in [3.05, 3.63) is 264 Å². The van der Waals surface area contributed by atoms with Crippen LogP contribution in [0.15, 0.2) is 152 Å². The molecule has 5 heteroatoms. The number of aryl methyl sites for hydroxylation is 16. The van der Waals surface area contributed by atoms with Gasteiger partial charge in [-0.2, -0.15) is 0 Å². The van der Waals surface area contributed by atoms with Crippen molar-refractivity contribution in [2.45, 2.75) is 207 Å². The number of aromatic nitrogens is 5. The lowest BCUT2D eigenvalue weighted by molar-refractivity contribution is -0.661. The van der Waals surface area contributed by atoms with Crippen LogP contribution in [0.4, 0.5) is 0 Å². The summed E-state index contributed by atoms with van der Waals surface area (Å²) in [5, 5.41) is 0. The van der Waals surface area contributed by atoms with Crippen LogP contribution in [0.2, 0.25) is 0 Å². The van der Waals surface area contributed by atoms with Crippen molar-refractivity contribution in [2.24, 2.45) is 47.1 Å². The summed E-state index contributed by atoms with van der Waals surface area (Å²) in [4.78, 5) is 0. The Balaban J connectivity index is 0.000000110. The second-order valence-corrected chi connectivity index (χ2v) is 31.4. The van der Waals surface area contributed by atoms with Gasteiger partial charge in [0, 0.05) is 102 Å². The smallest absolute Gasteiger partial charge is 0.201 e. The largest absolute Gasteiger partial charge is 0.216 e. The molecule has 0 amide bonds. The molecule has 11 aliphatic rings. The maximum Gasteiger partial charge on any atom is 0.216 e. The summed E-state index contributed by atoms with van der Waals surface area (Å²) in [7, 11) is 10.3. The van der Waals surface area contributed by atoms with Gasteiger partial charge in [-0.1, -0.05) is 95.4 Å². The average molecular weight is 1320 g/mol. The Morgan fingerprint density at radius 1 is 0.364 bits per heavy atom. The van der Waals surface area contributed by atoms with E-state index in [1.807, 2.05) is 61.6 Å². The molecule has 8 bridgehead atoms. The summed E-state index contributed by atoms with van der Waals surface area (Å²) < 4.78 is 107. The van der Waals surface area contributed by atoms with Gasteiger partial charge in [0.1, 0.15) is 35.2 Å². The average Bonchev–Trinajstić information content (AvgIpc) is 1.03. The van der Waals surface area contributed by atoms with E-state index in [4.69, 9.17) is 16.4 Å². The first-order valence-corrected chi connectivity index (χ1v) is 36.8. The fraction of sp³-hybridized carbons (Fsp3) is 0.415. The Kier molecular flexibility index (Phi) is 14.5. The zero-order chi connectivity index (χ0) is 79.4. The zero-order valence-electron chi connectivity index (χ0n) is 73.2. The highest BCUT2D eigenvalue weighted by Crippen LogP contribution is 2.55. The minimum Gasteiger partial charge on any atom is -0.201 e. The van der Waals surface area contributed by atoms with Crippen molar-refractivity contribution in [1.82, 2.24) is 0 Å². The molecule has 5 heterocycles. The standard InChI is InChI=1S/4C19H22N.C18H22N/c2*1-12-4-7-16(13(2)8-12)19-10-17-14-5-6-15(9-14)18(17)11-20(19)3;2*1-12-4-5-17(13(2)6-12)19-10-18-15-7-14(8-15)9-16(18)11-20(19)3;1-12-5-8-16(14(3)11-12)18-17-13(2)6-7-15(17)9-10-19(18)4/h2*4,7-8,10-11,14-15H,5-6,9H2,1-3H3;2*4-6,10-11,14-15H,7-9H2,1-3H3;5,8-11,13H,6-7H2,1-4H3/q5*+1/i;;1D3,9D2,15D;;1D3,7D2,13D. The van der Waals surface area contributed by atoms with Crippen molar-refractivity contribution in [3.8, 4) is 56.3 Å². The van der Waals surface area contributed by atoms with Gasteiger partial charge in [-0.25, -0.2) is 22.8 Å².